The van der Waals surface area contributed by atoms with E-state index in [1.165, 1.54) is 37.8 Å². The van der Waals surface area contributed by atoms with E-state index in [0.717, 1.165) is 17.5 Å². The van der Waals surface area contributed by atoms with E-state index in [1.54, 1.807) is 4.79 Å². The summed E-state index contributed by atoms with van der Waals surface area (Å²) < 4.78 is 0. The van der Waals surface area contributed by atoms with Gasteiger partial charge in [0.1, 0.15) is 0 Å². The summed E-state index contributed by atoms with van der Waals surface area (Å²) in [6, 6.07) is 9.95. The Balaban J connectivity index is 1.44. The molecule has 6 heteroatoms. The third-order valence-electron chi connectivity index (χ3n) is 5.67. The van der Waals surface area contributed by atoms with Crippen LogP contribution in [-0.2, 0) is 0 Å². The molecule has 0 spiro atoms. The van der Waals surface area contributed by atoms with Crippen molar-refractivity contribution in [3.63, 3.8) is 0 Å². The summed E-state index contributed by atoms with van der Waals surface area (Å²) in [6.45, 7) is 0. The molecule has 1 heterocycles. The Morgan fingerprint density at radius 2 is 1.65 bits per heavy atom. The number of nitrogens with zero attached hydrogens (tertiary/aromatic N) is 5. The van der Waals surface area contributed by atoms with Gasteiger partial charge in [0.05, 0.1) is 0 Å². The van der Waals surface area contributed by atoms with E-state index in [2.05, 4.69) is 20.8 Å². The second-order valence-corrected chi connectivity index (χ2v) is 7.21. The average molecular weight is 308 g/mol. The molecule has 0 atom stereocenters. The van der Waals surface area contributed by atoms with Gasteiger partial charge in [-0.15, -0.1) is 0 Å². The van der Waals surface area contributed by atoms with Crippen molar-refractivity contribution >= 4 is 17.3 Å². The van der Waals surface area contributed by atoms with Crippen LogP contribution in [0.1, 0.15) is 32.1 Å². The summed E-state index contributed by atoms with van der Waals surface area (Å²) in [5, 5.41) is 20.0. The van der Waals surface area contributed by atoms with Crippen LogP contribution in [0.2, 0.25) is 0 Å². The summed E-state index contributed by atoms with van der Waals surface area (Å²) in [5.74, 6) is 3.76. The maximum atomic E-state index is 4.85. The predicted octanol–water partition coefficient (Wildman–Crippen LogP) is 3.08. The Hall–Kier alpha value is -2.24. The zero-order chi connectivity index (χ0) is 15.2. The molecular formula is C17H20N6. The third kappa shape index (κ3) is 2.33. The minimum Gasteiger partial charge on any atom is -0.321 e. The molecule has 0 amide bonds. The number of benzene rings is 1. The first-order valence-corrected chi connectivity index (χ1v) is 8.54. The molecule has 118 valence electrons. The number of tetrazole rings is 1. The van der Waals surface area contributed by atoms with Crippen LogP contribution in [0.4, 0.5) is 11.6 Å². The Morgan fingerprint density at radius 3 is 2.35 bits per heavy atom. The summed E-state index contributed by atoms with van der Waals surface area (Å²) >= 11 is 0. The first-order valence-electron chi connectivity index (χ1n) is 8.54. The molecule has 4 bridgehead atoms. The first kappa shape index (κ1) is 13.2. The molecule has 23 heavy (non-hydrogen) atoms. The van der Waals surface area contributed by atoms with E-state index < -0.39 is 0 Å². The van der Waals surface area contributed by atoms with E-state index >= 15 is 0 Å². The van der Waals surface area contributed by atoms with Crippen molar-refractivity contribution in [3.05, 3.63) is 30.3 Å². The molecule has 4 aliphatic carbocycles. The Morgan fingerprint density at radius 1 is 0.957 bits per heavy atom. The monoisotopic (exact) mass is 308 g/mol. The zero-order valence-corrected chi connectivity index (χ0v) is 13.0. The lowest BCUT2D eigenvalue weighted by molar-refractivity contribution is 0.108. The third-order valence-corrected chi connectivity index (χ3v) is 5.67. The van der Waals surface area contributed by atoms with Crippen molar-refractivity contribution in [2.45, 2.75) is 32.1 Å². The van der Waals surface area contributed by atoms with Gasteiger partial charge in [0.25, 0.3) is 5.95 Å². The number of rotatable bonds is 3. The fourth-order valence-corrected chi connectivity index (χ4v) is 4.92. The molecule has 4 saturated carbocycles. The number of para-hydroxylation sites is 1. The van der Waals surface area contributed by atoms with Crippen LogP contribution in [0.25, 0.3) is 0 Å². The first-order chi connectivity index (χ1) is 11.3. The topological polar surface area (TPSA) is 68.0 Å². The fourth-order valence-electron chi connectivity index (χ4n) is 4.92. The van der Waals surface area contributed by atoms with E-state index in [0.29, 0.717) is 17.8 Å². The SMILES string of the molecule is c1ccc(Nc2nnnn2N=C2C3CC4CC(C3)CC2C4)cc1. The van der Waals surface area contributed by atoms with Crippen LogP contribution in [0.15, 0.2) is 35.4 Å². The van der Waals surface area contributed by atoms with Gasteiger partial charge in [0, 0.05) is 11.4 Å². The average Bonchev–Trinajstić information content (AvgIpc) is 2.98. The summed E-state index contributed by atoms with van der Waals surface area (Å²) in [4.78, 5) is 1.57. The molecule has 1 N–H and O–H groups in total. The van der Waals surface area contributed by atoms with Crippen molar-refractivity contribution in [3.8, 4) is 0 Å². The van der Waals surface area contributed by atoms with Gasteiger partial charge in [-0.05, 0) is 78.3 Å². The molecule has 4 fully saturated rings. The minimum atomic E-state index is 0.581. The second kappa shape index (κ2) is 5.15. The molecule has 1 aromatic carbocycles. The van der Waals surface area contributed by atoms with E-state index in [-0.39, 0.29) is 0 Å². The molecule has 0 unspecified atom stereocenters. The van der Waals surface area contributed by atoms with Crippen LogP contribution < -0.4 is 5.32 Å². The summed E-state index contributed by atoms with van der Waals surface area (Å²) in [7, 11) is 0. The Bertz CT molecular complexity index is 705. The molecule has 6 rings (SSSR count). The van der Waals surface area contributed by atoms with Gasteiger partial charge in [-0.3, -0.25) is 0 Å². The maximum Gasteiger partial charge on any atom is 0.269 e. The zero-order valence-electron chi connectivity index (χ0n) is 13.0. The molecule has 0 radical (unpaired) electrons. The summed E-state index contributed by atoms with van der Waals surface area (Å²) in [5.41, 5.74) is 2.30. The van der Waals surface area contributed by atoms with Crippen LogP contribution >= 0.6 is 0 Å². The van der Waals surface area contributed by atoms with Crippen molar-refractivity contribution in [2.24, 2.45) is 28.8 Å². The van der Waals surface area contributed by atoms with Crippen molar-refractivity contribution in [1.82, 2.24) is 20.3 Å². The molecular weight excluding hydrogens is 288 g/mol. The van der Waals surface area contributed by atoms with E-state index in [9.17, 15) is 0 Å². The van der Waals surface area contributed by atoms with Gasteiger partial charge < -0.3 is 5.32 Å². The molecule has 2 aromatic rings. The number of nitrogens with one attached hydrogen (secondary N) is 1. The Kier molecular flexibility index (Phi) is 2.96. The summed E-state index contributed by atoms with van der Waals surface area (Å²) in [6.07, 6.45) is 6.71. The quantitative estimate of drug-likeness (QED) is 0.946. The van der Waals surface area contributed by atoms with E-state index in [4.69, 9.17) is 5.10 Å². The number of aromatic nitrogens is 4. The lowest BCUT2D eigenvalue weighted by Gasteiger charge is -2.50. The van der Waals surface area contributed by atoms with Gasteiger partial charge >= 0.3 is 0 Å². The highest BCUT2D eigenvalue weighted by molar-refractivity contribution is 5.90. The molecule has 1 aromatic heterocycles. The lowest BCUT2D eigenvalue weighted by atomic mass is 9.55. The van der Waals surface area contributed by atoms with E-state index in [1.807, 2.05) is 30.3 Å². The lowest BCUT2D eigenvalue weighted by Crippen LogP contribution is -2.45. The molecule has 6 nitrogen and oxygen atoms in total. The normalized spacial score (nSPS) is 31.4. The van der Waals surface area contributed by atoms with Gasteiger partial charge in [0.2, 0.25) is 0 Å². The van der Waals surface area contributed by atoms with Crippen LogP contribution in [0.5, 0.6) is 0 Å². The Labute approximate surface area is 135 Å². The molecule has 0 aliphatic heterocycles. The van der Waals surface area contributed by atoms with Crippen molar-refractivity contribution < 1.29 is 0 Å². The number of hydrogen-bond donors (Lipinski definition) is 1. The molecule has 0 saturated heterocycles. The second-order valence-electron chi connectivity index (χ2n) is 7.21. The largest absolute Gasteiger partial charge is 0.321 e. The van der Waals surface area contributed by atoms with Crippen molar-refractivity contribution in [2.75, 3.05) is 5.32 Å². The standard InChI is InChI=1S/C17H20N6/c1-2-4-15(5-3-1)18-17-19-21-22-23(17)20-16-13-7-11-6-12(9-13)10-14(16)8-11/h1-5,11-14H,6-10H2,(H,18,19,22). The highest BCUT2D eigenvalue weighted by atomic mass is 15.7. The van der Waals surface area contributed by atoms with Gasteiger partial charge in [-0.2, -0.15) is 5.10 Å². The maximum absolute atomic E-state index is 4.85. The van der Waals surface area contributed by atoms with Crippen LogP contribution in [0, 0.1) is 23.7 Å². The van der Waals surface area contributed by atoms with Crippen LogP contribution in [-0.4, -0.2) is 26.0 Å². The highest BCUT2D eigenvalue weighted by Gasteiger charge is 2.46. The molecule has 4 aliphatic rings. The number of anilines is 2. The van der Waals surface area contributed by atoms with Gasteiger partial charge in [0.15, 0.2) is 0 Å². The van der Waals surface area contributed by atoms with Gasteiger partial charge in [-0.25, -0.2) is 0 Å². The van der Waals surface area contributed by atoms with Crippen molar-refractivity contribution in [1.29, 1.82) is 0 Å². The van der Waals surface area contributed by atoms with Gasteiger partial charge in [-0.1, -0.05) is 28.1 Å². The predicted molar refractivity (Wildman–Crippen MR) is 87.4 cm³/mol. The fraction of sp³-hybridized carbons (Fsp3) is 0.529. The highest BCUT2D eigenvalue weighted by Crippen LogP contribution is 2.52. The minimum absolute atomic E-state index is 0.581. The smallest absolute Gasteiger partial charge is 0.269 e. The van der Waals surface area contributed by atoms with Crippen LogP contribution in [0.3, 0.4) is 0 Å². The number of hydrogen-bond acceptors (Lipinski definition) is 5.